The number of hydrogen-bond acceptors (Lipinski definition) is 4. The lowest BCUT2D eigenvalue weighted by Crippen LogP contribution is -2.45. The number of nitrogens with two attached hydrogens (primary N) is 1. The summed E-state index contributed by atoms with van der Waals surface area (Å²) in [6, 6.07) is -0.322. The van der Waals surface area contributed by atoms with Gasteiger partial charge < -0.3 is 10.8 Å². The monoisotopic (exact) mass is 259 g/mol. The summed E-state index contributed by atoms with van der Waals surface area (Å²) in [5.74, 6) is -0.430. The minimum Gasteiger partial charge on any atom is -0.392 e. The molecule has 1 aromatic rings. The predicted molar refractivity (Wildman–Crippen MR) is 62.0 cm³/mol. The molecule has 0 radical (unpaired) electrons. The van der Waals surface area contributed by atoms with Crippen molar-refractivity contribution in [2.75, 3.05) is 0 Å². The van der Waals surface area contributed by atoms with E-state index >= 15 is 0 Å². The molecule has 94 valence electrons. The first kappa shape index (κ1) is 12.7. The third kappa shape index (κ3) is 2.91. The smallest absolute Gasteiger partial charge is 0.222 e. The van der Waals surface area contributed by atoms with Crippen LogP contribution < -0.4 is 5.73 Å². The normalized spacial score (nSPS) is 29.3. The second kappa shape index (κ2) is 5.25. The van der Waals surface area contributed by atoms with E-state index in [2.05, 4.69) is 9.97 Å². The largest absolute Gasteiger partial charge is 0.392 e. The molecule has 0 spiro atoms. The van der Waals surface area contributed by atoms with E-state index in [1.54, 1.807) is 0 Å². The van der Waals surface area contributed by atoms with Crippen LogP contribution in [0.5, 0.6) is 0 Å². The Kier molecular flexibility index (Phi) is 3.91. The van der Waals surface area contributed by atoms with Crippen LogP contribution in [0.15, 0.2) is 6.20 Å². The minimum absolute atomic E-state index is 0.0336. The van der Waals surface area contributed by atoms with Gasteiger partial charge in [0, 0.05) is 6.04 Å². The number of nitrogens with zero attached hydrogens (tertiary/aromatic N) is 2. The molecular weight excluding hydrogens is 245 g/mol. The Balaban J connectivity index is 2.11. The molecule has 0 amide bonds. The quantitative estimate of drug-likeness (QED) is 0.786. The Morgan fingerprint density at radius 1 is 1.53 bits per heavy atom. The highest BCUT2D eigenvalue weighted by Crippen LogP contribution is 2.27. The Hall–Kier alpha value is -0.780. The lowest BCUT2D eigenvalue weighted by molar-refractivity contribution is 0.0756. The number of aliphatic hydroxyl groups excluding tert-OH is 1. The van der Waals surface area contributed by atoms with E-state index in [0.717, 1.165) is 19.0 Å². The maximum absolute atomic E-state index is 13.5. The van der Waals surface area contributed by atoms with Gasteiger partial charge in [0.1, 0.15) is 0 Å². The van der Waals surface area contributed by atoms with Crippen molar-refractivity contribution in [2.24, 2.45) is 11.7 Å². The topological polar surface area (TPSA) is 72.0 Å². The van der Waals surface area contributed by atoms with Gasteiger partial charge in [0.15, 0.2) is 5.82 Å². The molecule has 1 saturated carbocycles. The fourth-order valence-electron chi connectivity index (χ4n) is 2.30. The third-order valence-electron chi connectivity index (χ3n) is 3.31. The van der Waals surface area contributed by atoms with Crippen molar-refractivity contribution < 1.29 is 9.50 Å². The van der Waals surface area contributed by atoms with E-state index in [4.69, 9.17) is 17.3 Å². The molecule has 1 heterocycles. The summed E-state index contributed by atoms with van der Waals surface area (Å²) < 4.78 is 13.5. The molecule has 6 heteroatoms. The van der Waals surface area contributed by atoms with E-state index in [1.165, 1.54) is 0 Å². The Morgan fingerprint density at radius 2 is 2.29 bits per heavy atom. The molecule has 17 heavy (non-hydrogen) atoms. The van der Waals surface area contributed by atoms with E-state index in [9.17, 15) is 9.50 Å². The van der Waals surface area contributed by atoms with Crippen LogP contribution in [0.4, 0.5) is 4.39 Å². The van der Waals surface area contributed by atoms with Crippen LogP contribution in [0, 0.1) is 11.7 Å². The van der Waals surface area contributed by atoms with Gasteiger partial charge in [-0.1, -0.05) is 6.42 Å². The second-order valence-corrected chi connectivity index (χ2v) is 4.81. The standard InChI is InChI=1S/C11H15ClFN3O/c12-11-15-5-7(13)8(16-11)4-6-2-1-3-9(17)10(6)14/h5-6,9-10,17H,1-4,14H2/t6-,9-,10-/m1/s1. The Labute approximate surface area is 104 Å². The van der Waals surface area contributed by atoms with Crippen LogP contribution in [0.2, 0.25) is 5.28 Å². The molecule has 4 nitrogen and oxygen atoms in total. The van der Waals surface area contributed by atoms with Gasteiger partial charge in [0.25, 0.3) is 0 Å². The van der Waals surface area contributed by atoms with Crippen molar-refractivity contribution in [3.8, 4) is 0 Å². The predicted octanol–water partition coefficient (Wildman–Crippen LogP) is 1.30. The van der Waals surface area contributed by atoms with Crippen molar-refractivity contribution >= 4 is 11.6 Å². The molecular formula is C11H15ClFN3O. The Bertz CT molecular complexity index is 404. The molecule has 3 atom stereocenters. The van der Waals surface area contributed by atoms with Crippen molar-refractivity contribution in [3.05, 3.63) is 23.0 Å². The molecule has 3 N–H and O–H groups in total. The minimum atomic E-state index is -0.505. The molecule has 0 bridgehead atoms. The first-order valence-corrected chi connectivity index (χ1v) is 6.06. The number of halogens is 2. The van der Waals surface area contributed by atoms with Crippen LogP contribution >= 0.6 is 11.6 Å². The van der Waals surface area contributed by atoms with Gasteiger partial charge in [-0.25, -0.2) is 14.4 Å². The summed E-state index contributed by atoms with van der Waals surface area (Å²) in [7, 11) is 0. The average Bonchev–Trinajstić information content (AvgIpc) is 2.30. The average molecular weight is 260 g/mol. The fraction of sp³-hybridized carbons (Fsp3) is 0.636. The summed E-state index contributed by atoms with van der Waals surface area (Å²) >= 11 is 5.63. The van der Waals surface area contributed by atoms with E-state index in [1.807, 2.05) is 0 Å². The van der Waals surface area contributed by atoms with Gasteiger partial charge in [-0.05, 0) is 36.8 Å². The zero-order valence-corrected chi connectivity index (χ0v) is 10.1. The summed E-state index contributed by atoms with van der Waals surface area (Å²) in [5, 5.41) is 9.71. The van der Waals surface area contributed by atoms with Gasteiger partial charge in [-0.15, -0.1) is 0 Å². The fourth-order valence-corrected chi connectivity index (χ4v) is 2.45. The van der Waals surface area contributed by atoms with Crippen molar-refractivity contribution in [1.29, 1.82) is 0 Å². The van der Waals surface area contributed by atoms with Crippen molar-refractivity contribution in [1.82, 2.24) is 9.97 Å². The van der Waals surface area contributed by atoms with E-state index in [-0.39, 0.29) is 22.9 Å². The van der Waals surface area contributed by atoms with E-state index in [0.29, 0.717) is 12.8 Å². The lowest BCUT2D eigenvalue weighted by atomic mass is 9.80. The summed E-state index contributed by atoms with van der Waals surface area (Å²) in [4.78, 5) is 7.43. The molecule has 1 aromatic heterocycles. The van der Waals surface area contributed by atoms with E-state index < -0.39 is 11.9 Å². The zero-order valence-electron chi connectivity index (χ0n) is 9.31. The first-order chi connectivity index (χ1) is 8.08. The molecule has 1 aliphatic rings. The van der Waals surface area contributed by atoms with Crippen LogP contribution in [-0.4, -0.2) is 27.2 Å². The van der Waals surface area contributed by atoms with Crippen LogP contribution in [0.1, 0.15) is 25.0 Å². The highest BCUT2D eigenvalue weighted by molar-refractivity contribution is 6.28. The highest BCUT2D eigenvalue weighted by Gasteiger charge is 2.30. The van der Waals surface area contributed by atoms with Gasteiger partial charge in [-0.3, -0.25) is 0 Å². The number of hydrogen-bond donors (Lipinski definition) is 2. The van der Waals surface area contributed by atoms with Gasteiger partial charge in [-0.2, -0.15) is 0 Å². The molecule has 0 aliphatic heterocycles. The molecule has 0 aromatic carbocycles. The third-order valence-corrected chi connectivity index (χ3v) is 3.49. The van der Waals surface area contributed by atoms with Crippen molar-refractivity contribution in [3.63, 3.8) is 0 Å². The summed E-state index contributed by atoms with van der Waals surface area (Å²) in [5.41, 5.74) is 6.19. The SMILES string of the molecule is N[C@@H]1[C@@H](Cc2nc(Cl)ncc2F)CCC[C@H]1O. The zero-order chi connectivity index (χ0) is 12.4. The second-order valence-electron chi connectivity index (χ2n) is 4.47. The maximum atomic E-state index is 13.5. The molecule has 2 rings (SSSR count). The van der Waals surface area contributed by atoms with Crippen LogP contribution in [-0.2, 0) is 6.42 Å². The Morgan fingerprint density at radius 3 is 3.06 bits per heavy atom. The maximum Gasteiger partial charge on any atom is 0.222 e. The van der Waals surface area contributed by atoms with Crippen LogP contribution in [0.25, 0.3) is 0 Å². The number of rotatable bonds is 2. The van der Waals surface area contributed by atoms with Crippen LogP contribution in [0.3, 0.4) is 0 Å². The molecule has 0 unspecified atom stereocenters. The summed E-state index contributed by atoms with van der Waals surface area (Å²) in [6.45, 7) is 0. The van der Waals surface area contributed by atoms with Gasteiger partial charge in [0.05, 0.1) is 18.0 Å². The molecule has 1 fully saturated rings. The number of aliphatic hydroxyl groups is 1. The highest BCUT2D eigenvalue weighted by atomic mass is 35.5. The lowest BCUT2D eigenvalue weighted by Gasteiger charge is -2.32. The first-order valence-electron chi connectivity index (χ1n) is 5.68. The molecule has 0 saturated heterocycles. The molecule has 1 aliphatic carbocycles. The number of aromatic nitrogens is 2. The van der Waals surface area contributed by atoms with Gasteiger partial charge in [0.2, 0.25) is 5.28 Å². The summed E-state index contributed by atoms with van der Waals surface area (Å²) in [6.07, 6.45) is 3.44. The van der Waals surface area contributed by atoms with Gasteiger partial charge >= 0.3 is 0 Å². The van der Waals surface area contributed by atoms with Crippen molar-refractivity contribution in [2.45, 2.75) is 37.8 Å².